The van der Waals surface area contributed by atoms with E-state index in [9.17, 15) is 19.2 Å². The molecule has 8 N–H and O–H groups in total. The third-order valence-corrected chi connectivity index (χ3v) is 14.8. The molecule has 4 aromatic heterocycles. The van der Waals surface area contributed by atoms with E-state index < -0.39 is 35.2 Å². The van der Waals surface area contributed by atoms with E-state index in [4.69, 9.17) is 20.9 Å². The maximum Gasteiger partial charge on any atom is 0.407 e. The number of amides is 4. The fraction of sp³-hybridized carbons (Fsp3) is 0.520. The van der Waals surface area contributed by atoms with Gasteiger partial charge >= 0.3 is 12.2 Å². The van der Waals surface area contributed by atoms with Crippen molar-refractivity contribution in [3.63, 3.8) is 0 Å². The van der Waals surface area contributed by atoms with E-state index in [0.717, 1.165) is 52.3 Å². The first-order valence-electron chi connectivity index (χ1n) is 22.8. The molecule has 2 aliphatic rings. The fourth-order valence-corrected chi connectivity index (χ4v) is 9.74. The summed E-state index contributed by atoms with van der Waals surface area (Å²) in [6, 6.07) is 14.1. The van der Waals surface area contributed by atoms with Crippen LogP contribution >= 0.6 is 15.9 Å². The Kier molecular flexibility index (Phi) is 14.1. The SMILES string of the molecule is CC(C)(C)OC(=O)NC[C@@]1(C)CC[C@@H](Nc2c(C(N)=O)cnn3cc(Br)cc23)C1(C)C.CC(C)(C)OC(=O)NC[C@@]1(C)CC[C@H](Nc2c(C(N)=O)cnn3cc(-c4ccccc4)cc23)C1(C)C. The zero-order valence-corrected chi connectivity index (χ0v) is 42.6. The normalized spacial score (nSPS) is 22.1. The van der Waals surface area contributed by atoms with Gasteiger partial charge in [-0.25, -0.2) is 18.6 Å². The molecule has 5 aromatic rings. The highest BCUT2D eigenvalue weighted by Crippen LogP contribution is 2.54. The summed E-state index contributed by atoms with van der Waals surface area (Å²) in [6.07, 6.45) is 9.55. The van der Waals surface area contributed by atoms with Crippen LogP contribution in [0.5, 0.6) is 0 Å². The van der Waals surface area contributed by atoms with Crippen LogP contribution in [-0.2, 0) is 9.47 Å². The van der Waals surface area contributed by atoms with Gasteiger partial charge in [0.1, 0.15) is 11.2 Å². The van der Waals surface area contributed by atoms with Crippen molar-refractivity contribution in [2.24, 2.45) is 33.1 Å². The molecule has 0 spiro atoms. The average Bonchev–Trinajstić information content (AvgIpc) is 3.94. The topological polar surface area (TPSA) is 221 Å². The second-order valence-corrected chi connectivity index (χ2v) is 22.7. The Morgan fingerprint density at radius 2 is 1.09 bits per heavy atom. The van der Waals surface area contributed by atoms with Crippen LogP contribution in [0, 0.1) is 21.7 Å². The van der Waals surface area contributed by atoms with E-state index in [-0.39, 0.29) is 33.7 Å². The van der Waals surface area contributed by atoms with Crippen molar-refractivity contribution in [3.8, 4) is 11.1 Å². The molecule has 2 fully saturated rings. The van der Waals surface area contributed by atoms with Gasteiger partial charge in [-0.3, -0.25) is 9.59 Å². The van der Waals surface area contributed by atoms with E-state index in [1.165, 1.54) is 12.4 Å². The molecule has 0 radical (unpaired) electrons. The first-order valence-corrected chi connectivity index (χ1v) is 23.6. The summed E-state index contributed by atoms with van der Waals surface area (Å²) in [7, 11) is 0. The Morgan fingerprint density at radius 3 is 1.51 bits per heavy atom. The number of nitrogens with zero attached hydrogens (tertiary/aromatic N) is 4. The van der Waals surface area contributed by atoms with Crippen molar-refractivity contribution in [2.75, 3.05) is 23.7 Å². The Balaban J connectivity index is 0.000000224. The van der Waals surface area contributed by atoms with Gasteiger partial charge in [0.25, 0.3) is 11.8 Å². The predicted octanol–water partition coefficient (Wildman–Crippen LogP) is 9.56. The quantitative estimate of drug-likeness (QED) is 0.0736. The van der Waals surface area contributed by atoms with Crippen molar-refractivity contribution in [1.29, 1.82) is 0 Å². The van der Waals surface area contributed by atoms with Crippen molar-refractivity contribution < 1.29 is 28.7 Å². The first-order chi connectivity index (χ1) is 31.0. The molecular formula is C50H69BrN10O6. The minimum atomic E-state index is -0.548. The Bertz CT molecular complexity index is 2650. The maximum absolute atomic E-state index is 12.4. The smallest absolute Gasteiger partial charge is 0.407 e. The standard InChI is InChI=1S/C28H37N5O3.C22H32BrN5O3/c1-26(2,3)36-25(35)30-17-28(6)13-12-22(27(28,4)5)32-23-20(24(29)34)15-31-33-16-19(14-21(23)33)18-10-8-7-9-11-18;1-20(2,3)31-19(30)25-12-22(6)8-7-16(21(22,4)5)27-17-14(18(24)29)10-26-28-11-13(23)9-15(17)28/h7-11,14-16,22,32H,12-13,17H2,1-6H3,(H2,29,34)(H,30,35);9-11,16,27H,7-8,12H2,1-6H3,(H2,24,29)(H,25,30)/t22-,28+;16-,22-/m01/s1. The van der Waals surface area contributed by atoms with Crippen molar-refractivity contribution in [1.82, 2.24) is 29.9 Å². The molecule has 4 amide bonds. The summed E-state index contributed by atoms with van der Waals surface area (Å²) < 4.78 is 15.2. The number of nitrogens with two attached hydrogens (primary N) is 2. The number of hydrogen-bond donors (Lipinski definition) is 6. The monoisotopic (exact) mass is 984 g/mol. The lowest BCUT2D eigenvalue weighted by molar-refractivity contribution is 0.0442. The molecule has 4 atom stereocenters. The summed E-state index contributed by atoms with van der Waals surface area (Å²) in [6.45, 7) is 25.2. The van der Waals surface area contributed by atoms with Crippen LogP contribution in [0.2, 0.25) is 0 Å². The lowest BCUT2D eigenvalue weighted by atomic mass is 9.67. The summed E-state index contributed by atoms with van der Waals surface area (Å²) in [5, 5.41) is 21.9. The van der Waals surface area contributed by atoms with Crippen molar-refractivity contribution in [2.45, 2.75) is 132 Å². The third-order valence-electron chi connectivity index (χ3n) is 14.4. The number of rotatable bonds is 11. The van der Waals surface area contributed by atoms with Crippen LogP contribution < -0.4 is 32.7 Å². The van der Waals surface area contributed by atoms with Gasteiger partial charge in [0.2, 0.25) is 0 Å². The number of fused-ring (bicyclic) bond motifs is 2. The van der Waals surface area contributed by atoms with Gasteiger partial charge in [-0.1, -0.05) is 71.9 Å². The second-order valence-electron chi connectivity index (χ2n) is 21.8. The van der Waals surface area contributed by atoms with E-state index in [1.54, 1.807) is 9.03 Å². The Hall–Kier alpha value is -5.84. The summed E-state index contributed by atoms with van der Waals surface area (Å²) in [5.41, 5.74) is 15.3. The van der Waals surface area contributed by atoms with Gasteiger partial charge in [-0.2, -0.15) is 10.2 Å². The van der Waals surface area contributed by atoms with Crippen LogP contribution in [0.15, 0.2) is 71.7 Å². The molecule has 67 heavy (non-hydrogen) atoms. The van der Waals surface area contributed by atoms with E-state index in [1.807, 2.05) is 96.4 Å². The number of aromatic nitrogens is 4. The minimum Gasteiger partial charge on any atom is -0.444 e. The van der Waals surface area contributed by atoms with Gasteiger partial charge in [-0.05, 0) is 123 Å². The molecule has 0 aliphatic heterocycles. The molecule has 16 nitrogen and oxygen atoms in total. The summed E-state index contributed by atoms with van der Waals surface area (Å²) in [5.74, 6) is -1.06. The highest BCUT2D eigenvalue weighted by Gasteiger charge is 2.53. The summed E-state index contributed by atoms with van der Waals surface area (Å²) >= 11 is 3.47. The predicted molar refractivity (Wildman–Crippen MR) is 266 cm³/mol. The highest BCUT2D eigenvalue weighted by atomic mass is 79.9. The van der Waals surface area contributed by atoms with Crippen LogP contribution in [0.3, 0.4) is 0 Å². The molecule has 362 valence electrons. The van der Waals surface area contributed by atoms with E-state index >= 15 is 0 Å². The minimum absolute atomic E-state index is 0.0438. The van der Waals surface area contributed by atoms with Crippen LogP contribution in [-0.4, -0.2) is 79.6 Å². The van der Waals surface area contributed by atoms with Gasteiger partial charge < -0.3 is 42.2 Å². The second kappa shape index (κ2) is 18.7. The summed E-state index contributed by atoms with van der Waals surface area (Å²) in [4.78, 5) is 49.0. The van der Waals surface area contributed by atoms with Crippen LogP contribution in [0.4, 0.5) is 21.0 Å². The number of nitrogens with one attached hydrogen (secondary N) is 4. The molecule has 2 saturated carbocycles. The molecule has 0 saturated heterocycles. The number of ether oxygens (including phenoxy) is 2. The van der Waals surface area contributed by atoms with E-state index in [2.05, 4.69) is 88.9 Å². The number of carbonyl (C=O) groups is 4. The number of hydrogen-bond acceptors (Lipinski definition) is 10. The molecule has 17 heteroatoms. The third kappa shape index (κ3) is 11.0. The zero-order chi connectivity index (χ0) is 49.5. The largest absolute Gasteiger partial charge is 0.444 e. The molecule has 1 aromatic carbocycles. The molecule has 0 bridgehead atoms. The van der Waals surface area contributed by atoms with E-state index in [0.29, 0.717) is 35.6 Å². The first kappa shape index (κ1) is 50.6. The number of primary amides is 2. The van der Waals surface area contributed by atoms with Crippen molar-refractivity contribution in [3.05, 3.63) is 82.9 Å². The van der Waals surface area contributed by atoms with Gasteiger partial charge in [0.05, 0.1) is 45.9 Å². The average molecular weight is 986 g/mol. The van der Waals surface area contributed by atoms with Crippen LogP contribution in [0.25, 0.3) is 22.2 Å². The number of benzene rings is 1. The molecule has 7 rings (SSSR count). The van der Waals surface area contributed by atoms with Gasteiger partial charge in [0.15, 0.2) is 0 Å². The zero-order valence-electron chi connectivity index (χ0n) is 41.0. The molecule has 4 heterocycles. The highest BCUT2D eigenvalue weighted by molar-refractivity contribution is 9.10. The number of carbonyl (C=O) groups excluding carboxylic acids is 4. The Labute approximate surface area is 402 Å². The fourth-order valence-electron chi connectivity index (χ4n) is 9.33. The molecular weight excluding hydrogens is 917 g/mol. The number of halogens is 1. The Morgan fingerprint density at radius 1 is 0.672 bits per heavy atom. The number of anilines is 2. The lowest BCUT2D eigenvalue weighted by Gasteiger charge is -2.42. The van der Waals surface area contributed by atoms with Gasteiger partial charge in [0, 0.05) is 47.6 Å². The lowest BCUT2D eigenvalue weighted by Crippen LogP contribution is -2.47. The molecule has 0 unspecified atom stereocenters. The van der Waals surface area contributed by atoms with Crippen molar-refractivity contribution >= 4 is 62.3 Å². The number of alkyl carbamates (subject to hydrolysis) is 2. The van der Waals surface area contributed by atoms with Gasteiger partial charge in [-0.15, -0.1) is 0 Å². The van der Waals surface area contributed by atoms with Crippen LogP contribution in [0.1, 0.15) is 129 Å². The maximum atomic E-state index is 12.4. The molecule has 2 aliphatic carbocycles.